The summed E-state index contributed by atoms with van der Waals surface area (Å²) >= 11 is 7.21. The predicted molar refractivity (Wildman–Crippen MR) is 119 cm³/mol. The number of carbonyl (C=O) groups is 1. The maximum absolute atomic E-state index is 11.8. The molecule has 4 rings (SSSR count). The van der Waals surface area contributed by atoms with Gasteiger partial charge in [-0.3, -0.25) is 5.43 Å². The molecular weight excluding hydrogens is 422 g/mol. The van der Waals surface area contributed by atoms with E-state index in [1.165, 1.54) is 18.4 Å². The van der Waals surface area contributed by atoms with Gasteiger partial charge in [0.1, 0.15) is 16.2 Å². The van der Waals surface area contributed by atoms with Gasteiger partial charge in [-0.15, -0.1) is 0 Å². The van der Waals surface area contributed by atoms with Crippen LogP contribution in [0.1, 0.15) is 20.9 Å². The number of anilines is 1. The van der Waals surface area contributed by atoms with Crippen molar-refractivity contribution in [1.29, 1.82) is 0 Å². The Morgan fingerprint density at radius 1 is 1.17 bits per heavy atom. The van der Waals surface area contributed by atoms with Crippen LogP contribution in [0.25, 0.3) is 22.3 Å². The smallest absolute Gasteiger partial charge is 0.350 e. The molecule has 0 aliphatic rings. The normalized spacial score (nSPS) is 11.7. The van der Waals surface area contributed by atoms with Gasteiger partial charge in [0.15, 0.2) is 0 Å². The molecule has 2 aromatic carbocycles. The van der Waals surface area contributed by atoms with Crippen molar-refractivity contribution in [3.63, 3.8) is 0 Å². The fraction of sp³-hybridized carbons (Fsp3) is 0.136. The first-order valence-corrected chi connectivity index (χ1v) is 10.3. The van der Waals surface area contributed by atoms with Crippen molar-refractivity contribution < 1.29 is 13.9 Å². The zero-order valence-corrected chi connectivity index (χ0v) is 18.1. The number of fused-ring (bicyclic) bond motifs is 1. The van der Waals surface area contributed by atoms with Crippen molar-refractivity contribution in [2.75, 3.05) is 12.5 Å². The first-order valence-electron chi connectivity index (χ1n) is 9.10. The van der Waals surface area contributed by atoms with E-state index >= 15 is 0 Å². The van der Waals surface area contributed by atoms with Crippen molar-refractivity contribution in [1.82, 2.24) is 4.98 Å². The number of nitrogens with zero attached hydrogens (tertiary/aromatic N) is 2. The Labute approximate surface area is 181 Å². The molecule has 1 N–H and O–H groups in total. The fourth-order valence-corrected chi connectivity index (χ4v) is 3.91. The summed E-state index contributed by atoms with van der Waals surface area (Å²) < 4.78 is 10.9. The first-order chi connectivity index (χ1) is 14.4. The van der Waals surface area contributed by atoms with E-state index in [9.17, 15) is 4.79 Å². The van der Waals surface area contributed by atoms with Crippen molar-refractivity contribution in [3.05, 3.63) is 75.0 Å². The lowest BCUT2D eigenvalue weighted by molar-refractivity contribution is 0.0605. The Morgan fingerprint density at radius 2 is 1.93 bits per heavy atom. The highest BCUT2D eigenvalue weighted by molar-refractivity contribution is 7.17. The average molecular weight is 440 g/mol. The average Bonchev–Trinajstić information content (AvgIpc) is 3.12. The van der Waals surface area contributed by atoms with Crippen molar-refractivity contribution in [2.45, 2.75) is 13.8 Å². The van der Waals surface area contributed by atoms with E-state index in [0.29, 0.717) is 37.4 Å². The molecule has 2 heterocycles. The number of halogens is 1. The molecule has 0 aliphatic carbocycles. The van der Waals surface area contributed by atoms with Crippen molar-refractivity contribution >= 4 is 45.0 Å². The number of rotatable bonds is 4. The molecule has 0 saturated heterocycles. The van der Waals surface area contributed by atoms with E-state index in [1.54, 1.807) is 6.92 Å². The monoisotopic (exact) mass is 439 g/mol. The Balaban J connectivity index is 1.81. The predicted octanol–water partition coefficient (Wildman–Crippen LogP) is 5.54. The first kappa shape index (κ1) is 20.1. The molecule has 6 nitrogen and oxygen atoms in total. The van der Waals surface area contributed by atoms with Crippen LogP contribution in [-0.2, 0) is 4.74 Å². The number of esters is 1. The highest BCUT2D eigenvalue weighted by Gasteiger charge is 2.15. The number of benzene rings is 2. The van der Waals surface area contributed by atoms with E-state index in [0.717, 1.165) is 16.5 Å². The van der Waals surface area contributed by atoms with Gasteiger partial charge in [-0.25, -0.2) is 9.78 Å². The maximum Gasteiger partial charge on any atom is 0.350 e. The Hall–Kier alpha value is -3.16. The number of aryl methyl sites for hydroxylation is 2. The second-order valence-electron chi connectivity index (χ2n) is 6.65. The molecule has 0 bridgehead atoms. The minimum Gasteiger partial charge on any atom is -0.465 e. The summed E-state index contributed by atoms with van der Waals surface area (Å²) in [5.74, 6) is 0.249. The summed E-state index contributed by atoms with van der Waals surface area (Å²) in [6.07, 6.45) is 0. The van der Waals surface area contributed by atoms with Crippen LogP contribution in [-0.4, -0.2) is 18.1 Å². The van der Waals surface area contributed by atoms with Crippen molar-refractivity contribution in [3.8, 4) is 11.3 Å². The van der Waals surface area contributed by atoms with Gasteiger partial charge in [-0.2, -0.15) is 5.10 Å². The van der Waals surface area contributed by atoms with Crippen LogP contribution in [0, 0.1) is 13.8 Å². The lowest BCUT2D eigenvalue weighted by Gasteiger charge is -2.06. The fourth-order valence-electron chi connectivity index (χ4n) is 2.96. The Kier molecular flexibility index (Phi) is 5.57. The molecule has 0 spiro atoms. The molecule has 30 heavy (non-hydrogen) atoms. The van der Waals surface area contributed by atoms with Gasteiger partial charge >= 0.3 is 5.97 Å². The van der Waals surface area contributed by atoms with Gasteiger partial charge < -0.3 is 9.15 Å². The molecular formula is C22H18ClN3O3S. The molecule has 152 valence electrons. The number of thiazole rings is 1. The van der Waals surface area contributed by atoms with Crippen LogP contribution in [0.4, 0.5) is 5.13 Å². The number of methoxy groups -OCH3 is 1. The van der Waals surface area contributed by atoms with Crippen LogP contribution >= 0.6 is 22.9 Å². The van der Waals surface area contributed by atoms with Crippen molar-refractivity contribution in [2.24, 2.45) is 5.10 Å². The van der Waals surface area contributed by atoms with Gasteiger partial charge in [0.2, 0.25) is 5.13 Å². The molecule has 2 aromatic heterocycles. The van der Waals surface area contributed by atoms with Crippen LogP contribution in [0.2, 0.25) is 5.02 Å². The van der Waals surface area contributed by atoms with Gasteiger partial charge in [0, 0.05) is 22.0 Å². The Morgan fingerprint density at radius 3 is 2.67 bits per heavy atom. The summed E-state index contributed by atoms with van der Waals surface area (Å²) in [5.41, 5.74) is 6.23. The number of aromatic nitrogens is 1. The van der Waals surface area contributed by atoms with Crippen LogP contribution in [0.15, 0.2) is 58.0 Å². The largest absolute Gasteiger partial charge is 0.465 e. The minimum absolute atomic E-state index is 0.414. The molecule has 0 amide bonds. The Bertz CT molecular complexity index is 1310. The summed E-state index contributed by atoms with van der Waals surface area (Å²) in [6, 6.07) is 15.2. The second-order valence-corrected chi connectivity index (χ2v) is 8.09. The molecule has 0 radical (unpaired) electrons. The van der Waals surface area contributed by atoms with E-state index in [1.807, 2.05) is 55.5 Å². The molecule has 0 unspecified atom stereocenters. The van der Waals surface area contributed by atoms with Gasteiger partial charge in [0.25, 0.3) is 0 Å². The minimum atomic E-state index is -0.414. The lowest BCUT2D eigenvalue weighted by atomic mass is 10.1. The third kappa shape index (κ3) is 4.08. The van der Waals surface area contributed by atoms with Gasteiger partial charge in [-0.05, 0) is 55.8 Å². The third-order valence-electron chi connectivity index (χ3n) is 4.47. The zero-order chi connectivity index (χ0) is 21.3. The molecule has 4 aromatic rings. The van der Waals surface area contributed by atoms with Crippen LogP contribution < -0.4 is 10.8 Å². The summed E-state index contributed by atoms with van der Waals surface area (Å²) in [7, 11) is 1.35. The number of carbonyl (C=O) groups excluding carboxylic acids is 1. The number of ether oxygens (including phenoxy) is 1. The van der Waals surface area contributed by atoms with Crippen LogP contribution in [0.5, 0.6) is 0 Å². The molecule has 0 saturated carbocycles. The number of hydrogen-bond acceptors (Lipinski definition) is 7. The maximum atomic E-state index is 11.8. The highest BCUT2D eigenvalue weighted by atomic mass is 35.5. The SMILES string of the molecule is COC(=O)c1sc(N/N=c2\cc(-c3ccc(Cl)cc3)oc3cc(C)ccc23)nc1C. The summed E-state index contributed by atoms with van der Waals surface area (Å²) in [4.78, 5) is 16.6. The van der Waals surface area contributed by atoms with E-state index in [4.69, 9.17) is 20.8 Å². The summed E-state index contributed by atoms with van der Waals surface area (Å²) in [5, 5.41) is 7.24. The van der Waals surface area contributed by atoms with E-state index < -0.39 is 5.97 Å². The second kappa shape index (κ2) is 8.30. The zero-order valence-electron chi connectivity index (χ0n) is 16.5. The quantitative estimate of drug-likeness (QED) is 0.333. The highest BCUT2D eigenvalue weighted by Crippen LogP contribution is 2.25. The molecule has 0 atom stereocenters. The van der Waals surface area contributed by atoms with E-state index in [2.05, 4.69) is 15.5 Å². The number of nitrogens with one attached hydrogen (secondary N) is 1. The lowest BCUT2D eigenvalue weighted by Crippen LogP contribution is -2.07. The van der Waals surface area contributed by atoms with Gasteiger partial charge in [0.05, 0.1) is 18.2 Å². The molecule has 0 aliphatic heterocycles. The van der Waals surface area contributed by atoms with Crippen LogP contribution in [0.3, 0.4) is 0 Å². The van der Waals surface area contributed by atoms with E-state index in [-0.39, 0.29) is 0 Å². The van der Waals surface area contributed by atoms with Gasteiger partial charge in [-0.1, -0.05) is 29.0 Å². The molecule has 8 heteroatoms. The number of hydrogen-bond donors (Lipinski definition) is 1. The third-order valence-corrected chi connectivity index (χ3v) is 5.76. The standard InChI is InChI=1S/C22H18ClN3O3S/c1-12-4-9-16-17(25-26-22-24-13(2)20(30-22)21(27)28-3)11-18(29-19(16)10-12)14-5-7-15(23)8-6-14/h4-11H,1-3H3,(H,24,26)/b25-17+. The topological polar surface area (TPSA) is 76.7 Å². The summed E-state index contributed by atoms with van der Waals surface area (Å²) in [6.45, 7) is 3.76. The molecule has 0 fully saturated rings.